The first-order valence-corrected chi connectivity index (χ1v) is 5.76. The number of rotatable bonds is 2. The average molecular weight is 258 g/mol. The smallest absolute Gasteiger partial charge is 0.185 e. The van der Waals surface area contributed by atoms with Gasteiger partial charge in [0.15, 0.2) is 5.12 Å². The zero-order valence-electron chi connectivity index (χ0n) is 9.02. The van der Waals surface area contributed by atoms with Crippen LogP contribution in [0.4, 0.5) is 13.2 Å². The second kappa shape index (κ2) is 6.36. The summed E-state index contributed by atoms with van der Waals surface area (Å²) < 4.78 is 38.8. The van der Waals surface area contributed by atoms with Gasteiger partial charge in [0.25, 0.3) is 0 Å². The monoisotopic (exact) mass is 258 g/mol. The van der Waals surface area contributed by atoms with E-state index in [0.29, 0.717) is 24.3 Å². The lowest BCUT2D eigenvalue weighted by Crippen LogP contribution is -1.92. The molecule has 0 heterocycles. The van der Waals surface area contributed by atoms with Crippen molar-refractivity contribution < 1.29 is 18.0 Å². The van der Waals surface area contributed by atoms with Crippen LogP contribution in [0.2, 0.25) is 0 Å². The van der Waals surface area contributed by atoms with Crippen molar-refractivity contribution >= 4 is 16.9 Å². The Bertz CT molecular complexity index is 465. The highest BCUT2D eigenvalue weighted by molar-refractivity contribution is 8.13. The molecule has 1 aromatic carbocycles. The lowest BCUT2D eigenvalue weighted by atomic mass is 10.2. The van der Waals surface area contributed by atoms with Crippen LogP contribution in [0.25, 0.3) is 0 Å². The molecule has 90 valence electrons. The number of carbonyl (C=O) groups excluding carboxylic acids is 1. The van der Waals surface area contributed by atoms with Gasteiger partial charge in [-0.3, -0.25) is 4.79 Å². The largest absolute Gasteiger partial charge is 0.288 e. The van der Waals surface area contributed by atoms with Crippen molar-refractivity contribution in [3.05, 3.63) is 35.1 Å². The highest BCUT2D eigenvalue weighted by atomic mass is 32.2. The molecule has 0 unspecified atom stereocenters. The zero-order valence-corrected chi connectivity index (χ0v) is 9.84. The Labute approximate surface area is 101 Å². The third-order valence-corrected chi connectivity index (χ3v) is 2.57. The van der Waals surface area contributed by atoms with Gasteiger partial charge in [0.2, 0.25) is 0 Å². The van der Waals surface area contributed by atoms with E-state index in [4.69, 9.17) is 0 Å². The van der Waals surface area contributed by atoms with Gasteiger partial charge in [0, 0.05) is 31.2 Å². The summed E-state index contributed by atoms with van der Waals surface area (Å²) in [6.45, 7) is 1.43. The van der Waals surface area contributed by atoms with Gasteiger partial charge < -0.3 is 0 Å². The number of carbonyl (C=O) groups is 1. The maximum atomic E-state index is 13.1. The van der Waals surface area contributed by atoms with Crippen LogP contribution in [0, 0.1) is 29.3 Å². The Morgan fingerprint density at radius 3 is 2.41 bits per heavy atom. The summed E-state index contributed by atoms with van der Waals surface area (Å²) >= 11 is 1.09. The molecule has 0 saturated heterocycles. The van der Waals surface area contributed by atoms with Gasteiger partial charge in [-0.05, 0) is 0 Å². The van der Waals surface area contributed by atoms with Crippen molar-refractivity contribution in [2.45, 2.75) is 13.3 Å². The summed E-state index contributed by atoms with van der Waals surface area (Å²) in [5.74, 6) is 2.28. The lowest BCUT2D eigenvalue weighted by molar-refractivity contribution is -0.109. The van der Waals surface area contributed by atoms with Gasteiger partial charge >= 0.3 is 0 Å². The fraction of sp³-hybridized carbons (Fsp3) is 0.250. The fourth-order valence-electron chi connectivity index (χ4n) is 1.06. The molecule has 0 bridgehead atoms. The fourth-order valence-corrected chi connectivity index (χ4v) is 1.55. The standard InChI is InChI=1S/C12H9F3OS/c1-8(16)17-5-3-2-4-10-11(14)6-9(13)7-12(10)15/h6-7H,3,5H2,1H3. The maximum absolute atomic E-state index is 13.1. The molecule has 0 spiro atoms. The highest BCUT2D eigenvalue weighted by Crippen LogP contribution is 2.13. The van der Waals surface area contributed by atoms with Crippen LogP contribution in [-0.2, 0) is 4.79 Å². The molecule has 1 aromatic rings. The molecule has 0 aromatic heterocycles. The van der Waals surface area contributed by atoms with Crippen LogP contribution in [-0.4, -0.2) is 10.9 Å². The number of benzene rings is 1. The van der Waals surface area contributed by atoms with Crippen molar-refractivity contribution in [3.63, 3.8) is 0 Å². The summed E-state index contributed by atoms with van der Waals surface area (Å²) in [4.78, 5) is 10.6. The molecule has 0 radical (unpaired) electrons. The second-order valence-corrected chi connectivity index (χ2v) is 4.41. The molecule has 0 atom stereocenters. The first-order chi connectivity index (χ1) is 8.00. The number of hydrogen-bond acceptors (Lipinski definition) is 2. The third kappa shape index (κ3) is 4.53. The first-order valence-electron chi connectivity index (χ1n) is 4.77. The normalized spacial score (nSPS) is 9.65. The van der Waals surface area contributed by atoms with Gasteiger partial charge in [0.05, 0.1) is 5.56 Å². The third-order valence-electron chi connectivity index (χ3n) is 1.75. The Kier molecular flexibility index (Phi) is 5.11. The van der Waals surface area contributed by atoms with E-state index >= 15 is 0 Å². The van der Waals surface area contributed by atoms with E-state index in [1.807, 2.05) is 0 Å². The van der Waals surface area contributed by atoms with Crippen LogP contribution in [0.5, 0.6) is 0 Å². The van der Waals surface area contributed by atoms with E-state index in [1.54, 1.807) is 0 Å². The summed E-state index contributed by atoms with van der Waals surface area (Å²) in [5.41, 5.74) is -0.445. The molecule has 0 fully saturated rings. The molecule has 0 aliphatic carbocycles. The maximum Gasteiger partial charge on any atom is 0.185 e. The van der Waals surface area contributed by atoms with E-state index in [2.05, 4.69) is 11.8 Å². The quantitative estimate of drug-likeness (QED) is 0.599. The number of thioether (sulfide) groups is 1. The molecule has 0 amide bonds. The average Bonchev–Trinajstić information content (AvgIpc) is 2.20. The van der Waals surface area contributed by atoms with Gasteiger partial charge in [-0.15, -0.1) is 0 Å². The molecule has 1 nitrogen and oxygen atoms in total. The Morgan fingerprint density at radius 1 is 1.29 bits per heavy atom. The Balaban J connectivity index is 2.69. The van der Waals surface area contributed by atoms with E-state index in [9.17, 15) is 18.0 Å². The molecule has 0 aliphatic rings. The van der Waals surface area contributed by atoms with Crippen LogP contribution >= 0.6 is 11.8 Å². The molecule has 5 heteroatoms. The summed E-state index contributed by atoms with van der Waals surface area (Å²) in [7, 11) is 0. The minimum Gasteiger partial charge on any atom is -0.288 e. The second-order valence-electron chi connectivity index (χ2n) is 3.14. The van der Waals surface area contributed by atoms with Gasteiger partial charge in [-0.25, -0.2) is 13.2 Å². The van der Waals surface area contributed by atoms with E-state index in [0.717, 1.165) is 11.8 Å². The molecular weight excluding hydrogens is 249 g/mol. The van der Waals surface area contributed by atoms with Gasteiger partial charge in [0.1, 0.15) is 17.5 Å². The number of hydrogen-bond donors (Lipinski definition) is 0. The molecular formula is C12H9F3OS. The highest BCUT2D eigenvalue weighted by Gasteiger charge is 2.08. The van der Waals surface area contributed by atoms with Crippen molar-refractivity contribution in [2.75, 3.05) is 5.75 Å². The van der Waals surface area contributed by atoms with Crippen molar-refractivity contribution in [1.82, 2.24) is 0 Å². The SMILES string of the molecule is CC(=O)SCCC#Cc1c(F)cc(F)cc1F. The van der Waals surface area contributed by atoms with E-state index < -0.39 is 23.0 Å². The van der Waals surface area contributed by atoms with Crippen LogP contribution in [0.1, 0.15) is 18.9 Å². The van der Waals surface area contributed by atoms with Crippen molar-refractivity contribution in [3.8, 4) is 11.8 Å². The summed E-state index contributed by atoms with van der Waals surface area (Å²) in [5, 5.41) is -0.0362. The van der Waals surface area contributed by atoms with Gasteiger partial charge in [-0.1, -0.05) is 23.6 Å². The minimum atomic E-state index is -1.02. The topological polar surface area (TPSA) is 17.1 Å². The van der Waals surface area contributed by atoms with Crippen molar-refractivity contribution in [2.24, 2.45) is 0 Å². The summed E-state index contributed by atoms with van der Waals surface area (Å²) in [6, 6.07) is 1.16. The van der Waals surface area contributed by atoms with Crippen molar-refractivity contribution in [1.29, 1.82) is 0 Å². The molecule has 0 N–H and O–H groups in total. The summed E-state index contributed by atoms with van der Waals surface area (Å²) in [6.07, 6.45) is 0.334. The Hall–Kier alpha value is -1.41. The van der Waals surface area contributed by atoms with Crippen LogP contribution in [0.3, 0.4) is 0 Å². The van der Waals surface area contributed by atoms with Gasteiger partial charge in [-0.2, -0.15) is 0 Å². The minimum absolute atomic E-state index is 0.0362. The predicted octanol–water partition coefficient (Wildman–Crippen LogP) is 3.13. The molecule has 17 heavy (non-hydrogen) atoms. The lowest BCUT2D eigenvalue weighted by Gasteiger charge is -1.97. The molecule has 0 saturated carbocycles. The molecule has 1 rings (SSSR count). The molecule has 0 aliphatic heterocycles. The van der Waals surface area contributed by atoms with Crippen LogP contribution in [0.15, 0.2) is 12.1 Å². The van der Waals surface area contributed by atoms with Crippen LogP contribution < -0.4 is 0 Å². The van der Waals surface area contributed by atoms with E-state index in [-0.39, 0.29) is 5.12 Å². The van der Waals surface area contributed by atoms with E-state index in [1.165, 1.54) is 6.92 Å². The predicted molar refractivity (Wildman–Crippen MR) is 61.0 cm³/mol. The zero-order chi connectivity index (χ0) is 12.8. The first kappa shape index (κ1) is 13.7. The number of halogens is 3. The Morgan fingerprint density at radius 2 is 1.88 bits per heavy atom.